The summed E-state index contributed by atoms with van der Waals surface area (Å²) in [6, 6.07) is 1.69. The number of thioether (sulfide) groups is 1. The second-order valence-corrected chi connectivity index (χ2v) is 6.30. The fraction of sp³-hybridized carbons (Fsp3) is 1.00. The van der Waals surface area contributed by atoms with Crippen LogP contribution in [0.1, 0.15) is 45.4 Å². The van der Waals surface area contributed by atoms with Crippen molar-refractivity contribution in [1.29, 1.82) is 0 Å². The van der Waals surface area contributed by atoms with Crippen LogP contribution in [0.5, 0.6) is 0 Å². The van der Waals surface area contributed by atoms with E-state index in [0.717, 1.165) is 23.3 Å². The summed E-state index contributed by atoms with van der Waals surface area (Å²) >= 11 is 2.06. The normalized spacial score (nSPS) is 43.3. The minimum atomic E-state index is 0.832. The van der Waals surface area contributed by atoms with E-state index in [1.807, 2.05) is 0 Å². The van der Waals surface area contributed by atoms with Gasteiger partial charge in [0.05, 0.1) is 0 Å². The highest BCUT2D eigenvalue weighted by Crippen LogP contribution is 2.31. The van der Waals surface area contributed by atoms with Crippen LogP contribution in [0.3, 0.4) is 0 Å². The lowest BCUT2D eigenvalue weighted by Crippen LogP contribution is -2.47. The van der Waals surface area contributed by atoms with E-state index in [9.17, 15) is 0 Å². The van der Waals surface area contributed by atoms with E-state index in [2.05, 4.69) is 30.3 Å². The summed E-state index contributed by atoms with van der Waals surface area (Å²) in [5.74, 6) is 0.979. The summed E-state index contributed by atoms with van der Waals surface area (Å²) < 4.78 is 0. The summed E-state index contributed by atoms with van der Waals surface area (Å²) in [7, 11) is 0. The lowest BCUT2D eigenvalue weighted by molar-refractivity contribution is 0.206. The van der Waals surface area contributed by atoms with Crippen molar-refractivity contribution in [1.82, 2.24) is 5.32 Å². The quantitative estimate of drug-likeness (QED) is 0.773. The molecule has 0 bridgehead atoms. The van der Waals surface area contributed by atoms with Gasteiger partial charge in [-0.15, -0.1) is 0 Å². The van der Waals surface area contributed by atoms with Gasteiger partial charge < -0.3 is 5.32 Å². The van der Waals surface area contributed by atoms with Crippen LogP contribution >= 0.6 is 11.8 Å². The molecular formula is C12H23NS. The smallest absolute Gasteiger partial charge is 0.00802 e. The molecule has 2 aliphatic rings. The van der Waals surface area contributed by atoms with Crippen LogP contribution in [0.15, 0.2) is 0 Å². The maximum atomic E-state index is 3.84. The Morgan fingerprint density at radius 3 is 2.50 bits per heavy atom. The van der Waals surface area contributed by atoms with E-state index in [1.54, 1.807) is 0 Å². The molecule has 0 aliphatic heterocycles. The monoisotopic (exact) mass is 213 g/mol. The van der Waals surface area contributed by atoms with Crippen molar-refractivity contribution in [3.05, 3.63) is 0 Å². The van der Waals surface area contributed by atoms with Gasteiger partial charge in [-0.1, -0.05) is 13.3 Å². The number of hydrogen-bond acceptors (Lipinski definition) is 2. The summed E-state index contributed by atoms with van der Waals surface area (Å²) in [6.07, 6.45) is 10.8. The van der Waals surface area contributed by atoms with Crippen molar-refractivity contribution >= 4 is 11.8 Å². The Labute approximate surface area is 92.4 Å². The summed E-state index contributed by atoms with van der Waals surface area (Å²) in [6.45, 7) is 2.36. The fourth-order valence-electron chi connectivity index (χ4n) is 2.88. The molecule has 0 spiro atoms. The lowest BCUT2D eigenvalue weighted by Gasteiger charge is -2.39. The zero-order valence-electron chi connectivity index (χ0n) is 9.46. The SMILES string of the molecule is CSC1CCCC(NC2CC(C)C2)C1. The molecule has 0 aromatic rings. The van der Waals surface area contributed by atoms with Gasteiger partial charge in [-0.05, 0) is 44.3 Å². The minimum Gasteiger partial charge on any atom is -0.311 e. The number of nitrogens with one attached hydrogen (secondary N) is 1. The van der Waals surface area contributed by atoms with Gasteiger partial charge in [-0.25, -0.2) is 0 Å². The summed E-state index contributed by atoms with van der Waals surface area (Å²) in [5.41, 5.74) is 0. The Balaban J connectivity index is 1.69. The molecule has 1 N–H and O–H groups in total. The van der Waals surface area contributed by atoms with E-state index < -0.39 is 0 Å². The van der Waals surface area contributed by atoms with Crippen molar-refractivity contribution in [3.8, 4) is 0 Å². The van der Waals surface area contributed by atoms with Crippen LogP contribution in [-0.4, -0.2) is 23.6 Å². The highest BCUT2D eigenvalue weighted by molar-refractivity contribution is 7.99. The second kappa shape index (κ2) is 4.89. The third kappa shape index (κ3) is 2.66. The molecule has 2 saturated carbocycles. The highest BCUT2D eigenvalue weighted by atomic mass is 32.2. The van der Waals surface area contributed by atoms with Gasteiger partial charge in [0.1, 0.15) is 0 Å². The molecule has 2 aliphatic carbocycles. The molecule has 2 heteroatoms. The van der Waals surface area contributed by atoms with Crippen molar-refractivity contribution in [2.45, 2.75) is 62.8 Å². The average molecular weight is 213 g/mol. The third-order valence-electron chi connectivity index (χ3n) is 3.80. The molecule has 0 heterocycles. The van der Waals surface area contributed by atoms with Crippen LogP contribution < -0.4 is 5.32 Å². The summed E-state index contributed by atoms with van der Waals surface area (Å²) in [4.78, 5) is 0. The average Bonchev–Trinajstić information content (AvgIpc) is 2.16. The molecule has 2 unspecified atom stereocenters. The Morgan fingerprint density at radius 1 is 1.07 bits per heavy atom. The van der Waals surface area contributed by atoms with E-state index in [1.165, 1.54) is 38.5 Å². The first-order chi connectivity index (χ1) is 6.78. The molecule has 0 amide bonds. The lowest BCUT2D eigenvalue weighted by atomic mass is 9.80. The van der Waals surface area contributed by atoms with Crippen LogP contribution in [0.4, 0.5) is 0 Å². The van der Waals surface area contributed by atoms with Gasteiger partial charge in [0.15, 0.2) is 0 Å². The molecule has 0 aromatic carbocycles. The van der Waals surface area contributed by atoms with Crippen molar-refractivity contribution in [2.24, 2.45) is 5.92 Å². The predicted octanol–water partition coefficient (Wildman–Crippen LogP) is 3.05. The minimum absolute atomic E-state index is 0.832. The molecule has 0 saturated heterocycles. The van der Waals surface area contributed by atoms with Crippen molar-refractivity contribution < 1.29 is 0 Å². The standard InChI is InChI=1S/C12H23NS/c1-9-6-11(7-9)13-10-4-3-5-12(8-10)14-2/h9-13H,3-8H2,1-2H3. The largest absolute Gasteiger partial charge is 0.311 e. The van der Waals surface area contributed by atoms with Gasteiger partial charge in [0, 0.05) is 17.3 Å². The molecule has 0 radical (unpaired) electrons. The number of rotatable bonds is 3. The van der Waals surface area contributed by atoms with Gasteiger partial charge in [-0.3, -0.25) is 0 Å². The van der Waals surface area contributed by atoms with Gasteiger partial charge in [-0.2, -0.15) is 11.8 Å². The van der Waals surface area contributed by atoms with Crippen LogP contribution in [0.25, 0.3) is 0 Å². The van der Waals surface area contributed by atoms with Gasteiger partial charge >= 0.3 is 0 Å². The van der Waals surface area contributed by atoms with Crippen LogP contribution in [0.2, 0.25) is 0 Å². The maximum absolute atomic E-state index is 3.84. The first kappa shape index (κ1) is 10.8. The number of hydrogen-bond donors (Lipinski definition) is 1. The molecule has 82 valence electrons. The van der Waals surface area contributed by atoms with Crippen molar-refractivity contribution in [3.63, 3.8) is 0 Å². The molecule has 2 atom stereocenters. The van der Waals surface area contributed by atoms with Gasteiger partial charge in [0.25, 0.3) is 0 Å². The Hall–Kier alpha value is 0.310. The zero-order valence-corrected chi connectivity index (χ0v) is 10.3. The highest BCUT2D eigenvalue weighted by Gasteiger charge is 2.29. The molecule has 14 heavy (non-hydrogen) atoms. The van der Waals surface area contributed by atoms with E-state index in [4.69, 9.17) is 0 Å². The Kier molecular flexibility index (Phi) is 3.78. The Bertz CT molecular complexity index is 177. The zero-order chi connectivity index (χ0) is 9.97. The van der Waals surface area contributed by atoms with Crippen LogP contribution in [-0.2, 0) is 0 Å². The third-order valence-corrected chi connectivity index (χ3v) is 4.90. The summed E-state index contributed by atoms with van der Waals surface area (Å²) in [5, 5.41) is 4.77. The van der Waals surface area contributed by atoms with E-state index >= 15 is 0 Å². The molecule has 1 nitrogen and oxygen atoms in total. The molecule has 2 fully saturated rings. The topological polar surface area (TPSA) is 12.0 Å². The maximum Gasteiger partial charge on any atom is 0.00802 e. The first-order valence-electron chi connectivity index (χ1n) is 6.06. The van der Waals surface area contributed by atoms with E-state index in [0.29, 0.717) is 0 Å². The van der Waals surface area contributed by atoms with Crippen molar-refractivity contribution in [2.75, 3.05) is 6.26 Å². The van der Waals surface area contributed by atoms with E-state index in [-0.39, 0.29) is 0 Å². The Morgan fingerprint density at radius 2 is 1.86 bits per heavy atom. The van der Waals surface area contributed by atoms with Crippen LogP contribution in [0, 0.1) is 5.92 Å². The fourth-order valence-corrected chi connectivity index (χ4v) is 3.71. The second-order valence-electron chi connectivity index (χ2n) is 5.16. The first-order valence-corrected chi connectivity index (χ1v) is 7.35. The van der Waals surface area contributed by atoms with Gasteiger partial charge in [0.2, 0.25) is 0 Å². The molecule has 0 aromatic heterocycles. The molecular weight excluding hydrogens is 190 g/mol. The molecule has 2 rings (SSSR count). The predicted molar refractivity (Wildman–Crippen MR) is 64.9 cm³/mol.